The number of hydrazone groups is 1. The van der Waals surface area contributed by atoms with Crippen molar-refractivity contribution in [3.8, 4) is 22.8 Å². The minimum atomic E-state index is 0.581. The topological polar surface area (TPSA) is 55.7 Å². The summed E-state index contributed by atoms with van der Waals surface area (Å²) in [5.74, 6) is 1.56. The fourth-order valence-electron chi connectivity index (χ4n) is 2.18. The van der Waals surface area contributed by atoms with Crippen LogP contribution < -0.4 is 14.9 Å². The highest BCUT2D eigenvalue weighted by Crippen LogP contribution is 2.35. The molecule has 0 atom stereocenters. The third-order valence-electron chi connectivity index (χ3n) is 3.24. The zero-order valence-electron chi connectivity index (χ0n) is 12.1. The summed E-state index contributed by atoms with van der Waals surface area (Å²) in [4.78, 5) is 5.65. The van der Waals surface area contributed by atoms with Gasteiger partial charge in [-0.15, -0.1) is 22.7 Å². The molecule has 1 N–H and O–H groups in total. The smallest absolute Gasteiger partial charge is 0.203 e. The lowest BCUT2D eigenvalue weighted by Crippen LogP contribution is -2.15. The van der Waals surface area contributed by atoms with Gasteiger partial charge in [0.2, 0.25) is 5.13 Å². The Bertz CT molecular complexity index is 828. The summed E-state index contributed by atoms with van der Waals surface area (Å²) in [5, 5.41) is 8.97. The summed E-state index contributed by atoms with van der Waals surface area (Å²) in [6, 6.07) is 9.88. The van der Waals surface area contributed by atoms with Gasteiger partial charge in [-0.25, -0.2) is 4.98 Å². The van der Waals surface area contributed by atoms with Gasteiger partial charge in [-0.2, -0.15) is 5.10 Å². The van der Waals surface area contributed by atoms with Crippen molar-refractivity contribution in [3.05, 3.63) is 46.0 Å². The molecule has 0 unspecified atom stereocenters. The molecule has 0 bridgehead atoms. The van der Waals surface area contributed by atoms with E-state index in [2.05, 4.69) is 15.5 Å². The van der Waals surface area contributed by atoms with Crippen molar-refractivity contribution >= 4 is 34.0 Å². The molecule has 0 amide bonds. The van der Waals surface area contributed by atoms with Crippen LogP contribution in [-0.4, -0.2) is 24.4 Å². The van der Waals surface area contributed by atoms with Gasteiger partial charge in [0, 0.05) is 15.8 Å². The zero-order valence-corrected chi connectivity index (χ0v) is 13.7. The van der Waals surface area contributed by atoms with E-state index in [1.807, 2.05) is 41.1 Å². The van der Waals surface area contributed by atoms with Crippen molar-refractivity contribution in [2.45, 2.75) is 0 Å². The van der Waals surface area contributed by atoms with E-state index in [1.165, 1.54) is 11.3 Å². The van der Waals surface area contributed by atoms with Crippen LogP contribution in [0.15, 0.2) is 46.2 Å². The van der Waals surface area contributed by atoms with Gasteiger partial charge < -0.3 is 9.47 Å². The second kappa shape index (κ2) is 6.39. The van der Waals surface area contributed by atoms with Crippen molar-refractivity contribution in [1.29, 1.82) is 0 Å². The quantitative estimate of drug-likeness (QED) is 0.573. The number of aromatic nitrogens is 1. The van der Waals surface area contributed by atoms with E-state index >= 15 is 0 Å². The first kappa shape index (κ1) is 14.2. The third kappa shape index (κ3) is 3.20. The highest BCUT2D eigenvalue weighted by Gasteiger charge is 2.13. The zero-order chi connectivity index (χ0) is 15.5. The number of benzene rings is 1. The normalized spacial score (nSPS) is 13.4. The maximum Gasteiger partial charge on any atom is 0.203 e. The largest absolute Gasteiger partial charge is 0.486 e. The van der Waals surface area contributed by atoms with Crippen LogP contribution in [0.3, 0.4) is 0 Å². The lowest BCUT2D eigenvalue weighted by atomic mass is 10.1. The number of hydrogen-bond acceptors (Lipinski definition) is 7. The average molecular weight is 343 g/mol. The van der Waals surface area contributed by atoms with Crippen LogP contribution in [0.2, 0.25) is 0 Å². The van der Waals surface area contributed by atoms with Crippen LogP contribution in [0.1, 0.15) is 4.88 Å². The van der Waals surface area contributed by atoms with Crippen LogP contribution in [0.25, 0.3) is 11.3 Å². The van der Waals surface area contributed by atoms with Crippen LogP contribution in [-0.2, 0) is 0 Å². The molecule has 2 aromatic heterocycles. The fourth-order valence-corrected chi connectivity index (χ4v) is 3.43. The first-order chi connectivity index (χ1) is 11.4. The second-order valence-corrected chi connectivity index (χ2v) is 6.62. The molecule has 116 valence electrons. The van der Waals surface area contributed by atoms with E-state index in [1.54, 1.807) is 17.6 Å². The molecule has 0 saturated heterocycles. The molecule has 5 nitrogen and oxygen atoms in total. The van der Waals surface area contributed by atoms with E-state index in [-0.39, 0.29) is 0 Å². The Morgan fingerprint density at radius 1 is 1.13 bits per heavy atom. The summed E-state index contributed by atoms with van der Waals surface area (Å²) in [6.45, 7) is 1.18. The Labute approximate surface area is 141 Å². The third-order valence-corrected chi connectivity index (χ3v) is 4.79. The second-order valence-electron chi connectivity index (χ2n) is 4.78. The number of thiophene rings is 1. The molecule has 1 aliphatic heterocycles. The number of rotatable bonds is 4. The molecule has 0 spiro atoms. The van der Waals surface area contributed by atoms with Gasteiger partial charge in [-0.1, -0.05) is 6.07 Å². The van der Waals surface area contributed by atoms with E-state index in [4.69, 9.17) is 9.47 Å². The van der Waals surface area contributed by atoms with Crippen molar-refractivity contribution < 1.29 is 9.47 Å². The van der Waals surface area contributed by atoms with Gasteiger partial charge in [0.25, 0.3) is 0 Å². The first-order valence-corrected chi connectivity index (χ1v) is 8.82. The van der Waals surface area contributed by atoms with Crippen LogP contribution >= 0.6 is 22.7 Å². The van der Waals surface area contributed by atoms with Crippen LogP contribution in [0.4, 0.5) is 5.13 Å². The molecule has 0 fully saturated rings. The summed E-state index contributed by atoms with van der Waals surface area (Å²) in [5.41, 5.74) is 4.85. The molecular formula is C16H13N3O2S2. The SMILES string of the molecule is C(=N/Nc1nc(-c2ccc3c(c2)OCCO3)cs1)/c1cccs1. The molecule has 1 aliphatic rings. The van der Waals surface area contributed by atoms with Gasteiger partial charge in [-0.3, -0.25) is 5.43 Å². The Balaban J connectivity index is 1.49. The van der Waals surface area contributed by atoms with Gasteiger partial charge >= 0.3 is 0 Å². The van der Waals surface area contributed by atoms with E-state index in [0.29, 0.717) is 13.2 Å². The maximum absolute atomic E-state index is 5.61. The van der Waals surface area contributed by atoms with E-state index in [9.17, 15) is 0 Å². The first-order valence-electron chi connectivity index (χ1n) is 7.06. The summed E-state index contributed by atoms with van der Waals surface area (Å²) < 4.78 is 11.1. The number of thiazole rings is 1. The summed E-state index contributed by atoms with van der Waals surface area (Å²) in [7, 11) is 0. The summed E-state index contributed by atoms with van der Waals surface area (Å²) >= 11 is 3.16. The molecule has 0 radical (unpaired) electrons. The van der Waals surface area contributed by atoms with Gasteiger partial charge in [0.05, 0.1) is 11.9 Å². The Morgan fingerprint density at radius 3 is 2.91 bits per heavy atom. The standard InChI is InChI=1S/C16H13N3O2S2/c1-2-12(22-7-1)9-17-19-16-18-13(10-23-16)11-3-4-14-15(8-11)21-6-5-20-14/h1-4,7-10H,5-6H2,(H,18,19)/b17-9-. The lowest BCUT2D eigenvalue weighted by Gasteiger charge is -2.18. The number of fused-ring (bicyclic) bond motifs is 1. The highest BCUT2D eigenvalue weighted by atomic mass is 32.1. The van der Waals surface area contributed by atoms with E-state index < -0.39 is 0 Å². The maximum atomic E-state index is 5.61. The number of nitrogens with zero attached hydrogens (tertiary/aromatic N) is 2. The molecule has 3 heterocycles. The van der Waals surface area contributed by atoms with Gasteiger partial charge in [-0.05, 0) is 29.6 Å². The minimum absolute atomic E-state index is 0.581. The number of hydrogen-bond donors (Lipinski definition) is 1. The Kier molecular flexibility index (Phi) is 3.95. The van der Waals surface area contributed by atoms with Crippen molar-refractivity contribution in [2.24, 2.45) is 5.10 Å². The van der Waals surface area contributed by atoms with Crippen LogP contribution in [0, 0.1) is 0 Å². The molecule has 7 heteroatoms. The number of anilines is 1. The van der Waals surface area contributed by atoms with Crippen LogP contribution in [0.5, 0.6) is 11.5 Å². The predicted molar refractivity (Wildman–Crippen MR) is 94.1 cm³/mol. The molecule has 4 rings (SSSR count). The average Bonchev–Trinajstić information content (AvgIpc) is 3.26. The molecule has 3 aromatic rings. The monoisotopic (exact) mass is 343 g/mol. The number of ether oxygens (including phenoxy) is 2. The molecule has 1 aromatic carbocycles. The van der Waals surface area contributed by atoms with Crippen molar-refractivity contribution in [2.75, 3.05) is 18.6 Å². The molecule has 0 saturated carbocycles. The highest BCUT2D eigenvalue weighted by molar-refractivity contribution is 7.14. The minimum Gasteiger partial charge on any atom is -0.486 e. The lowest BCUT2D eigenvalue weighted by molar-refractivity contribution is 0.171. The fraction of sp³-hybridized carbons (Fsp3) is 0.125. The molecule has 0 aliphatic carbocycles. The van der Waals surface area contributed by atoms with Crippen molar-refractivity contribution in [3.63, 3.8) is 0 Å². The predicted octanol–water partition coefficient (Wildman–Crippen LogP) is 4.09. The van der Waals surface area contributed by atoms with Gasteiger partial charge in [0.1, 0.15) is 13.2 Å². The van der Waals surface area contributed by atoms with Crippen molar-refractivity contribution in [1.82, 2.24) is 4.98 Å². The van der Waals surface area contributed by atoms with E-state index in [0.717, 1.165) is 32.8 Å². The Morgan fingerprint density at radius 2 is 2.04 bits per heavy atom. The number of nitrogens with one attached hydrogen (secondary N) is 1. The Hall–Kier alpha value is -2.38. The van der Waals surface area contributed by atoms with Gasteiger partial charge in [0.15, 0.2) is 11.5 Å². The summed E-state index contributed by atoms with van der Waals surface area (Å²) in [6.07, 6.45) is 1.79. The molecule has 23 heavy (non-hydrogen) atoms. The molecular weight excluding hydrogens is 330 g/mol.